The minimum atomic E-state index is -0.446. The highest BCUT2D eigenvalue weighted by Crippen LogP contribution is 1.90. The molecule has 0 saturated carbocycles. The average molecular weight is 146 g/mol. The average Bonchev–Trinajstić information content (AvgIpc) is 1.87. The molecule has 0 N–H and O–H groups in total. The largest absolute Gasteiger partial charge is 0.434 e. The van der Waals surface area contributed by atoms with Crippen molar-refractivity contribution >= 4 is 16.5 Å². The van der Waals surface area contributed by atoms with E-state index in [1.165, 1.54) is 0 Å². The van der Waals surface area contributed by atoms with Crippen molar-refractivity contribution < 1.29 is 14.0 Å². The van der Waals surface area contributed by atoms with Crippen LogP contribution in [-0.2, 0) is 14.0 Å². The fraction of sp³-hybridized carbons (Fsp3) is 0.400. The number of rotatable bonds is 3. The minimum Gasteiger partial charge on any atom is -0.434 e. The van der Waals surface area contributed by atoms with Crippen LogP contribution in [-0.4, -0.2) is 22.7 Å². The Morgan fingerprint density at radius 1 is 1.89 bits per heavy atom. The lowest BCUT2D eigenvalue weighted by Gasteiger charge is -2.08. The molecule has 0 aliphatic rings. The second kappa shape index (κ2) is 4.28. The van der Waals surface area contributed by atoms with Crippen molar-refractivity contribution in [2.45, 2.75) is 13.2 Å². The van der Waals surface area contributed by atoms with E-state index in [1.807, 2.05) is 0 Å². The summed E-state index contributed by atoms with van der Waals surface area (Å²) in [6.45, 7) is 4.89. The first kappa shape index (κ1) is 8.39. The molecule has 9 heavy (non-hydrogen) atoms. The van der Waals surface area contributed by atoms with Crippen LogP contribution < -0.4 is 0 Å². The highest BCUT2D eigenvalue weighted by atomic mass is 28.2. The van der Waals surface area contributed by atoms with E-state index in [1.54, 1.807) is 6.92 Å². The number of ether oxygens (including phenoxy) is 1. The zero-order valence-corrected chi connectivity index (χ0v) is 7.59. The zero-order chi connectivity index (χ0) is 7.28. The van der Waals surface area contributed by atoms with Crippen LogP contribution in [0.1, 0.15) is 6.92 Å². The van der Waals surface area contributed by atoms with Crippen LogP contribution in [0.4, 0.5) is 0 Å². The van der Waals surface area contributed by atoms with Crippen molar-refractivity contribution in [1.82, 2.24) is 0 Å². The van der Waals surface area contributed by atoms with Crippen molar-refractivity contribution in [3.05, 3.63) is 12.7 Å². The summed E-state index contributed by atoms with van der Waals surface area (Å²) in [5, 5.41) is 0. The molecule has 4 heteroatoms. The Bertz CT molecular complexity index is 113. The standard InChI is InChI=1S/C5H10O3Si/c1-3-5(6)7-4(2)8-9/h3-4H,1H2,2,9H3. The van der Waals surface area contributed by atoms with E-state index in [0.717, 1.165) is 6.08 Å². The van der Waals surface area contributed by atoms with Gasteiger partial charge in [-0.3, -0.25) is 0 Å². The van der Waals surface area contributed by atoms with Crippen LogP contribution in [0.2, 0.25) is 0 Å². The zero-order valence-electron chi connectivity index (χ0n) is 5.59. The first-order valence-corrected chi connectivity index (χ1v) is 3.38. The Morgan fingerprint density at radius 2 is 2.44 bits per heavy atom. The molecular weight excluding hydrogens is 136 g/mol. The van der Waals surface area contributed by atoms with Gasteiger partial charge in [-0.2, -0.15) is 0 Å². The second-order valence-corrected chi connectivity index (χ2v) is 1.92. The summed E-state index contributed by atoms with van der Waals surface area (Å²) in [6.07, 6.45) is 0.680. The summed E-state index contributed by atoms with van der Waals surface area (Å²) in [6, 6.07) is 0. The summed E-state index contributed by atoms with van der Waals surface area (Å²) in [4.78, 5) is 10.4. The Morgan fingerprint density at radius 3 is 2.78 bits per heavy atom. The van der Waals surface area contributed by atoms with Crippen molar-refractivity contribution in [2.75, 3.05) is 0 Å². The maximum absolute atomic E-state index is 10.4. The molecule has 0 aliphatic carbocycles. The molecular formula is C5H10O3Si. The van der Waals surface area contributed by atoms with Crippen LogP contribution in [0.3, 0.4) is 0 Å². The number of hydrogen-bond donors (Lipinski definition) is 0. The molecule has 0 aromatic rings. The normalized spacial score (nSPS) is 12.6. The van der Waals surface area contributed by atoms with Gasteiger partial charge in [0.15, 0.2) is 16.8 Å². The van der Waals surface area contributed by atoms with Gasteiger partial charge >= 0.3 is 5.97 Å². The highest BCUT2D eigenvalue weighted by Gasteiger charge is 2.01. The Kier molecular flexibility index (Phi) is 3.99. The first-order valence-electron chi connectivity index (χ1n) is 2.56. The van der Waals surface area contributed by atoms with E-state index >= 15 is 0 Å². The molecule has 1 unspecified atom stereocenters. The smallest absolute Gasteiger partial charge is 0.332 e. The van der Waals surface area contributed by atoms with E-state index in [0.29, 0.717) is 10.5 Å². The first-order chi connectivity index (χ1) is 4.20. The quantitative estimate of drug-likeness (QED) is 0.230. The molecule has 52 valence electrons. The van der Waals surface area contributed by atoms with Crippen LogP contribution in [0.15, 0.2) is 12.7 Å². The SMILES string of the molecule is C=CC(=O)OC(C)O[SiH3]. The molecule has 0 rings (SSSR count). The molecule has 0 aromatic carbocycles. The van der Waals surface area contributed by atoms with Crippen LogP contribution in [0.25, 0.3) is 0 Å². The number of carbonyl (C=O) groups excluding carboxylic acids is 1. The van der Waals surface area contributed by atoms with Crippen molar-refractivity contribution in [3.8, 4) is 0 Å². The Labute approximate surface area is 57.2 Å². The van der Waals surface area contributed by atoms with Gasteiger partial charge in [-0.05, 0) is 6.92 Å². The molecule has 0 spiro atoms. The maximum atomic E-state index is 10.4. The fourth-order valence-corrected chi connectivity index (χ4v) is 0.356. The van der Waals surface area contributed by atoms with Gasteiger partial charge in [0.05, 0.1) is 0 Å². The summed E-state index contributed by atoms with van der Waals surface area (Å²) in [5.41, 5.74) is 0. The number of carbonyl (C=O) groups is 1. The van der Waals surface area contributed by atoms with E-state index < -0.39 is 12.3 Å². The topological polar surface area (TPSA) is 35.5 Å². The molecule has 0 radical (unpaired) electrons. The van der Waals surface area contributed by atoms with Crippen LogP contribution >= 0.6 is 0 Å². The predicted octanol–water partition coefficient (Wildman–Crippen LogP) is -0.641. The maximum Gasteiger partial charge on any atom is 0.332 e. The van der Waals surface area contributed by atoms with Crippen LogP contribution in [0.5, 0.6) is 0 Å². The number of esters is 1. The summed E-state index contributed by atoms with van der Waals surface area (Å²) >= 11 is 0. The van der Waals surface area contributed by atoms with Crippen molar-refractivity contribution in [2.24, 2.45) is 0 Å². The van der Waals surface area contributed by atoms with Gasteiger partial charge in [-0.25, -0.2) is 4.79 Å². The minimum absolute atomic E-state index is 0.429. The van der Waals surface area contributed by atoms with Gasteiger partial charge in [-0.15, -0.1) is 0 Å². The lowest BCUT2D eigenvalue weighted by atomic mass is 10.6. The molecule has 3 nitrogen and oxygen atoms in total. The van der Waals surface area contributed by atoms with Gasteiger partial charge in [0, 0.05) is 6.08 Å². The molecule has 1 atom stereocenters. The van der Waals surface area contributed by atoms with Gasteiger partial charge in [-0.1, -0.05) is 6.58 Å². The summed E-state index contributed by atoms with van der Waals surface area (Å²) < 4.78 is 9.37. The van der Waals surface area contributed by atoms with Gasteiger partial charge in [0.2, 0.25) is 0 Å². The molecule has 0 fully saturated rings. The Balaban J connectivity index is 3.46. The molecule has 0 saturated heterocycles. The van der Waals surface area contributed by atoms with Crippen molar-refractivity contribution in [3.63, 3.8) is 0 Å². The lowest BCUT2D eigenvalue weighted by Crippen LogP contribution is -2.14. The van der Waals surface area contributed by atoms with E-state index in [4.69, 9.17) is 4.43 Å². The number of hydrogen-bond acceptors (Lipinski definition) is 3. The molecule has 0 aromatic heterocycles. The second-order valence-electron chi connectivity index (χ2n) is 1.44. The van der Waals surface area contributed by atoms with Gasteiger partial charge in [0.25, 0.3) is 0 Å². The van der Waals surface area contributed by atoms with Gasteiger partial charge in [0.1, 0.15) is 0 Å². The predicted molar refractivity (Wildman–Crippen MR) is 36.8 cm³/mol. The molecule has 0 aliphatic heterocycles. The van der Waals surface area contributed by atoms with Crippen molar-refractivity contribution in [1.29, 1.82) is 0 Å². The third-order valence-electron chi connectivity index (χ3n) is 0.781. The van der Waals surface area contributed by atoms with E-state index in [9.17, 15) is 4.79 Å². The summed E-state index contributed by atoms with van der Waals surface area (Å²) in [7, 11) is 0.569. The van der Waals surface area contributed by atoms with E-state index in [2.05, 4.69) is 11.3 Å². The monoisotopic (exact) mass is 146 g/mol. The fourth-order valence-electron chi connectivity index (χ4n) is 0.260. The van der Waals surface area contributed by atoms with Gasteiger partial charge < -0.3 is 9.16 Å². The Hall–Kier alpha value is -0.613. The molecule has 0 amide bonds. The lowest BCUT2D eigenvalue weighted by molar-refractivity contribution is -0.154. The molecule has 0 heterocycles. The highest BCUT2D eigenvalue weighted by molar-refractivity contribution is 5.98. The van der Waals surface area contributed by atoms with Crippen LogP contribution in [0, 0.1) is 0 Å². The van der Waals surface area contributed by atoms with E-state index in [-0.39, 0.29) is 0 Å². The molecule has 0 bridgehead atoms. The third kappa shape index (κ3) is 3.93. The summed E-state index contributed by atoms with van der Waals surface area (Å²) in [5.74, 6) is -0.446. The third-order valence-corrected chi connectivity index (χ3v) is 1.44.